The van der Waals surface area contributed by atoms with Gasteiger partial charge in [0.15, 0.2) is 6.10 Å². The molecule has 2 atom stereocenters. The van der Waals surface area contributed by atoms with E-state index in [1.165, 1.54) is 0 Å². The standard InChI is InChI=1S/C17H18N2O2/c1-11(13-6-4-3-5-7-13)19-15-9-8-14(18)10-16(15)21-12(2)17(19)20/h3-12H,18H2,1-2H3/t11-,12+/m0/s1. The summed E-state index contributed by atoms with van der Waals surface area (Å²) in [4.78, 5) is 14.3. The summed E-state index contributed by atoms with van der Waals surface area (Å²) >= 11 is 0. The van der Waals surface area contributed by atoms with Gasteiger partial charge in [-0.2, -0.15) is 0 Å². The molecule has 2 aromatic carbocycles. The Morgan fingerprint density at radius 3 is 2.62 bits per heavy atom. The minimum atomic E-state index is -0.509. The second-order valence-electron chi connectivity index (χ2n) is 5.28. The number of carbonyl (C=O) groups excluding carboxylic acids is 1. The highest BCUT2D eigenvalue weighted by atomic mass is 16.5. The van der Waals surface area contributed by atoms with Gasteiger partial charge in [0.25, 0.3) is 5.91 Å². The molecule has 1 aliphatic rings. The van der Waals surface area contributed by atoms with E-state index >= 15 is 0 Å². The third-order valence-corrected chi connectivity index (χ3v) is 3.80. The van der Waals surface area contributed by atoms with Gasteiger partial charge in [-0.3, -0.25) is 9.69 Å². The van der Waals surface area contributed by atoms with Crippen molar-refractivity contribution in [1.82, 2.24) is 0 Å². The fraction of sp³-hybridized carbons (Fsp3) is 0.235. The van der Waals surface area contributed by atoms with Gasteiger partial charge in [0.1, 0.15) is 5.75 Å². The third kappa shape index (κ3) is 2.33. The smallest absolute Gasteiger partial charge is 0.268 e. The largest absolute Gasteiger partial charge is 0.479 e. The fourth-order valence-corrected chi connectivity index (χ4v) is 2.66. The number of ether oxygens (including phenoxy) is 1. The molecule has 4 heteroatoms. The predicted molar refractivity (Wildman–Crippen MR) is 83.3 cm³/mol. The van der Waals surface area contributed by atoms with E-state index in [1.807, 2.05) is 43.3 Å². The lowest BCUT2D eigenvalue weighted by atomic mass is 10.0. The summed E-state index contributed by atoms with van der Waals surface area (Å²) < 4.78 is 5.67. The second-order valence-corrected chi connectivity index (χ2v) is 5.28. The van der Waals surface area contributed by atoms with Crippen LogP contribution in [-0.4, -0.2) is 12.0 Å². The molecule has 0 aliphatic carbocycles. The van der Waals surface area contributed by atoms with Crippen LogP contribution in [0.25, 0.3) is 0 Å². The number of anilines is 2. The van der Waals surface area contributed by atoms with Crippen molar-refractivity contribution in [3.8, 4) is 5.75 Å². The molecule has 0 unspecified atom stereocenters. The molecule has 108 valence electrons. The SMILES string of the molecule is C[C@H]1Oc2cc(N)ccc2N([C@@H](C)c2ccccc2)C1=O. The monoisotopic (exact) mass is 282 g/mol. The van der Waals surface area contributed by atoms with Crippen LogP contribution in [0.3, 0.4) is 0 Å². The molecular weight excluding hydrogens is 264 g/mol. The average Bonchev–Trinajstić information content (AvgIpc) is 2.49. The van der Waals surface area contributed by atoms with Gasteiger partial charge >= 0.3 is 0 Å². The zero-order chi connectivity index (χ0) is 15.0. The van der Waals surface area contributed by atoms with Crippen molar-refractivity contribution in [2.24, 2.45) is 0 Å². The number of nitrogens with two attached hydrogens (primary N) is 1. The lowest BCUT2D eigenvalue weighted by Gasteiger charge is -2.37. The molecule has 0 saturated heterocycles. The average molecular weight is 282 g/mol. The summed E-state index contributed by atoms with van der Waals surface area (Å²) in [6.07, 6.45) is -0.509. The van der Waals surface area contributed by atoms with E-state index in [4.69, 9.17) is 10.5 Å². The summed E-state index contributed by atoms with van der Waals surface area (Å²) in [5.74, 6) is 0.619. The van der Waals surface area contributed by atoms with Gasteiger partial charge < -0.3 is 10.5 Å². The van der Waals surface area contributed by atoms with Gasteiger partial charge in [-0.05, 0) is 31.5 Å². The first kappa shape index (κ1) is 13.5. The first-order valence-corrected chi connectivity index (χ1v) is 7.02. The molecule has 4 nitrogen and oxygen atoms in total. The van der Waals surface area contributed by atoms with Gasteiger partial charge in [0, 0.05) is 11.8 Å². The van der Waals surface area contributed by atoms with E-state index in [0.29, 0.717) is 11.4 Å². The van der Waals surface area contributed by atoms with Gasteiger partial charge in [0.05, 0.1) is 11.7 Å². The Hall–Kier alpha value is -2.49. The molecule has 1 aliphatic heterocycles. The van der Waals surface area contributed by atoms with Crippen molar-refractivity contribution < 1.29 is 9.53 Å². The number of carbonyl (C=O) groups is 1. The van der Waals surface area contributed by atoms with E-state index in [-0.39, 0.29) is 11.9 Å². The van der Waals surface area contributed by atoms with Crippen LogP contribution < -0.4 is 15.4 Å². The zero-order valence-corrected chi connectivity index (χ0v) is 12.1. The molecule has 0 bridgehead atoms. The fourth-order valence-electron chi connectivity index (χ4n) is 2.66. The molecule has 0 fully saturated rings. The third-order valence-electron chi connectivity index (χ3n) is 3.80. The molecule has 2 aromatic rings. The van der Waals surface area contributed by atoms with Gasteiger partial charge in [-0.15, -0.1) is 0 Å². The first-order valence-electron chi connectivity index (χ1n) is 7.02. The number of nitrogen functional groups attached to an aromatic ring is 1. The quantitative estimate of drug-likeness (QED) is 0.861. The number of benzene rings is 2. The lowest BCUT2D eigenvalue weighted by molar-refractivity contribution is -0.126. The highest BCUT2D eigenvalue weighted by Crippen LogP contribution is 2.40. The number of rotatable bonds is 2. The molecule has 0 spiro atoms. The van der Waals surface area contributed by atoms with Crippen LogP contribution in [0.15, 0.2) is 48.5 Å². The van der Waals surface area contributed by atoms with E-state index in [9.17, 15) is 4.79 Å². The Morgan fingerprint density at radius 1 is 1.19 bits per heavy atom. The van der Waals surface area contributed by atoms with E-state index in [0.717, 1.165) is 11.3 Å². The normalized spacial score (nSPS) is 18.9. The van der Waals surface area contributed by atoms with Crippen molar-refractivity contribution >= 4 is 17.3 Å². The van der Waals surface area contributed by atoms with Crippen LogP contribution >= 0.6 is 0 Å². The highest BCUT2D eigenvalue weighted by Gasteiger charge is 2.34. The Balaban J connectivity index is 2.07. The molecule has 3 rings (SSSR count). The molecule has 0 radical (unpaired) electrons. The molecule has 21 heavy (non-hydrogen) atoms. The summed E-state index contributed by atoms with van der Waals surface area (Å²) in [6.45, 7) is 3.78. The molecule has 1 heterocycles. The van der Waals surface area contributed by atoms with Gasteiger partial charge in [-0.25, -0.2) is 0 Å². The number of hydrogen-bond donors (Lipinski definition) is 1. The number of fused-ring (bicyclic) bond motifs is 1. The summed E-state index contributed by atoms with van der Waals surface area (Å²) in [5.41, 5.74) is 8.29. The van der Waals surface area contributed by atoms with Crippen molar-refractivity contribution in [1.29, 1.82) is 0 Å². The Bertz CT molecular complexity index is 670. The topological polar surface area (TPSA) is 55.6 Å². The molecule has 2 N–H and O–H groups in total. The maximum Gasteiger partial charge on any atom is 0.268 e. The van der Waals surface area contributed by atoms with Crippen LogP contribution in [0.4, 0.5) is 11.4 Å². The molecule has 0 saturated carbocycles. The minimum Gasteiger partial charge on any atom is -0.479 e. The summed E-state index contributed by atoms with van der Waals surface area (Å²) in [5, 5.41) is 0. The maximum atomic E-state index is 12.6. The van der Waals surface area contributed by atoms with E-state index in [2.05, 4.69) is 0 Å². The van der Waals surface area contributed by atoms with E-state index in [1.54, 1.807) is 24.0 Å². The van der Waals surface area contributed by atoms with Crippen LogP contribution in [-0.2, 0) is 4.79 Å². The number of amides is 1. The van der Waals surface area contributed by atoms with Crippen molar-refractivity contribution in [2.45, 2.75) is 26.0 Å². The Labute approximate surface area is 124 Å². The van der Waals surface area contributed by atoms with Crippen molar-refractivity contribution in [3.63, 3.8) is 0 Å². The zero-order valence-electron chi connectivity index (χ0n) is 12.1. The van der Waals surface area contributed by atoms with Crippen LogP contribution in [0.1, 0.15) is 25.5 Å². The van der Waals surface area contributed by atoms with Crippen molar-refractivity contribution in [2.75, 3.05) is 10.6 Å². The first-order chi connectivity index (χ1) is 10.1. The minimum absolute atomic E-state index is 0.0383. The lowest BCUT2D eigenvalue weighted by Crippen LogP contribution is -2.45. The highest BCUT2D eigenvalue weighted by molar-refractivity contribution is 6.00. The maximum absolute atomic E-state index is 12.6. The van der Waals surface area contributed by atoms with E-state index < -0.39 is 6.10 Å². The molecule has 1 amide bonds. The molecular formula is C17H18N2O2. The van der Waals surface area contributed by atoms with Gasteiger partial charge in [0.2, 0.25) is 0 Å². The number of nitrogens with zero attached hydrogens (tertiary/aromatic N) is 1. The predicted octanol–water partition coefficient (Wildman–Crippen LogP) is 3.14. The molecule has 0 aromatic heterocycles. The Morgan fingerprint density at radius 2 is 1.90 bits per heavy atom. The number of hydrogen-bond acceptors (Lipinski definition) is 3. The van der Waals surface area contributed by atoms with Gasteiger partial charge in [-0.1, -0.05) is 30.3 Å². The summed E-state index contributed by atoms with van der Waals surface area (Å²) in [6, 6.07) is 15.3. The second kappa shape index (κ2) is 5.13. The van der Waals surface area contributed by atoms with Crippen LogP contribution in [0, 0.1) is 0 Å². The summed E-state index contributed by atoms with van der Waals surface area (Å²) in [7, 11) is 0. The van der Waals surface area contributed by atoms with Crippen LogP contribution in [0.5, 0.6) is 5.75 Å². The van der Waals surface area contributed by atoms with Crippen molar-refractivity contribution in [3.05, 3.63) is 54.1 Å². The Kier molecular flexibility index (Phi) is 3.29. The van der Waals surface area contributed by atoms with Crippen LogP contribution in [0.2, 0.25) is 0 Å².